The average molecular weight is 262 g/mol. The summed E-state index contributed by atoms with van der Waals surface area (Å²) in [6.07, 6.45) is 4.74. The van der Waals surface area contributed by atoms with E-state index in [0.717, 1.165) is 24.3 Å². The van der Waals surface area contributed by atoms with Crippen molar-refractivity contribution in [1.82, 2.24) is 0 Å². The van der Waals surface area contributed by atoms with Crippen molar-refractivity contribution < 1.29 is 4.74 Å². The molecule has 1 aliphatic rings. The Morgan fingerprint density at radius 2 is 1.68 bits per heavy atom. The molecule has 0 amide bonds. The molecule has 3 N–H and O–H groups in total. The van der Waals surface area contributed by atoms with E-state index in [1.807, 2.05) is 12.1 Å². The number of rotatable bonds is 4. The number of hydrogen-bond acceptors (Lipinski definition) is 3. The third-order valence-electron chi connectivity index (χ3n) is 4.45. The molecular formula is C16H26N2O. The highest BCUT2D eigenvalue weighted by atomic mass is 16.5. The lowest BCUT2D eigenvalue weighted by Gasteiger charge is -2.44. The topological polar surface area (TPSA) is 47.3 Å². The van der Waals surface area contributed by atoms with Gasteiger partial charge in [-0.05, 0) is 55.4 Å². The minimum atomic E-state index is 0.0596. The van der Waals surface area contributed by atoms with Crippen LogP contribution in [0.4, 0.5) is 5.69 Å². The summed E-state index contributed by atoms with van der Waals surface area (Å²) in [5, 5.41) is 3.65. The molecule has 0 bridgehead atoms. The normalized spacial score (nSPS) is 20.8. The molecule has 0 saturated heterocycles. The lowest BCUT2D eigenvalue weighted by Crippen LogP contribution is -2.49. The van der Waals surface area contributed by atoms with E-state index in [0.29, 0.717) is 12.0 Å². The maximum absolute atomic E-state index is 6.04. The van der Waals surface area contributed by atoms with Crippen LogP contribution in [0.2, 0.25) is 0 Å². The number of hydrogen-bond donors (Lipinski definition) is 2. The Hall–Kier alpha value is -1.22. The van der Waals surface area contributed by atoms with Gasteiger partial charge in [0.1, 0.15) is 5.75 Å². The third-order valence-corrected chi connectivity index (χ3v) is 4.45. The molecule has 0 aromatic heterocycles. The van der Waals surface area contributed by atoms with Crippen LogP contribution >= 0.6 is 0 Å². The fourth-order valence-corrected chi connectivity index (χ4v) is 2.77. The van der Waals surface area contributed by atoms with E-state index in [1.165, 1.54) is 12.8 Å². The number of methoxy groups -OCH3 is 1. The Bertz CT molecular complexity index is 401. The molecular weight excluding hydrogens is 236 g/mol. The number of nitrogens with one attached hydrogen (secondary N) is 1. The van der Waals surface area contributed by atoms with Crippen LogP contribution in [-0.4, -0.2) is 19.2 Å². The zero-order valence-electron chi connectivity index (χ0n) is 12.3. The summed E-state index contributed by atoms with van der Waals surface area (Å²) in [5.74, 6) is 0.886. The smallest absolute Gasteiger partial charge is 0.119 e. The second kappa shape index (κ2) is 5.41. The largest absolute Gasteiger partial charge is 0.497 e. The summed E-state index contributed by atoms with van der Waals surface area (Å²) in [6, 6.07) is 8.10. The van der Waals surface area contributed by atoms with Gasteiger partial charge < -0.3 is 15.8 Å². The second-order valence-electron chi connectivity index (χ2n) is 6.50. The Morgan fingerprint density at radius 3 is 2.16 bits per heavy atom. The molecule has 0 heterocycles. The SMILES string of the molecule is COc1ccc(NC2(CN)CCC(C)(C)CC2)cc1. The zero-order chi connectivity index (χ0) is 13.9. The highest BCUT2D eigenvalue weighted by molar-refractivity contribution is 5.48. The molecule has 1 aromatic carbocycles. The van der Waals surface area contributed by atoms with Gasteiger partial charge in [-0.15, -0.1) is 0 Å². The van der Waals surface area contributed by atoms with E-state index in [-0.39, 0.29) is 5.54 Å². The van der Waals surface area contributed by atoms with Crippen molar-refractivity contribution in [2.45, 2.75) is 45.1 Å². The lowest BCUT2D eigenvalue weighted by atomic mass is 9.69. The first kappa shape index (κ1) is 14.2. The molecule has 1 fully saturated rings. The molecule has 3 nitrogen and oxygen atoms in total. The molecule has 1 aliphatic carbocycles. The van der Waals surface area contributed by atoms with Crippen molar-refractivity contribution in [3.63, 3.8) is 0 Å². The highest BCUT2D eigenvalue weighted by Gasteiger charge is 2.37. The maximum atomic E-state index is 6.04. The summed E-state index contributed by atoms with van der Waals surface area (Å²) < 4.78 is 5.19. The van der Waals surface area contributed by atoms with Crippen molar-refractivity contribution in [3.05, 3.63) is 24.3 Å². The molecule has 1 saturated carbocycles. The average Bonchev–Trinajstić information content (AvgIpc) is 2.42. The Labute approximate surface area is 116 Å². The van der Waals surface area contributed by atoms with Crippen LogP contribution in [0.15, 0.2) is 24.3 Å². The van der Waals surface area contributed by atoms with Gasteiger partial charge >= 0.3 is 0 Å². The van der Waals surface area contributed by atoms with Gasteiger partial charge in [0.25, 0.3) is 0 Å². The first-order valence-corrected chi connectivity index (χ1v) is 7.11. The molecule has 3 heteroatoms. The molecule has 0 unspecified atom stereocenters. The highest BCUT2D eigenvalue weighted by Crippen LogP contribution is 2.41. The van der Waals surface area contributed by atoms with E-state index < -0.39 is 0 Å². The third kappa shape index (κ3) is 3.41. The van der Waals surface area contributed by atoms with Crippen LogP contribution in [0, 0.1) is 5.41 Å². The van der Waals surface area contributed by atoms with Crippen molar-refractivity contribution >= 4 is 5.69 Å². The lowest BCUT2D eigenvalue weighted by molar-refractivity contribution is 0.182. The standard InChI is InChI=1S/C16H26N2O/c1-15(2)8-10-16(12-17,11-9-15)18-13-4-6-14(19-3)7-5-13/h4-7,18H,8-12,17H2,1-3H3. The minimum absolute atomic E-state index is 0.0596. The van der Waals surface area contributed by atoms with Crippen LogP contribution in [0.25, 0.3) is 0 Å². The van der Waals surface area contributed by atoms with E-state index in [1.54, 1.807) is 7.11 Å². The quantitative estimate of drug-likeness (QED) is 0.874. The van der Waals surface area contributed by atoms with Crippen LogP contribution in [0.1, 0.15) is 39.5 Å². The van der Waals surface area contributed by atoms with E-state index in [9.17, 15) is 0 Å². The Kier molecular flexibility index (Phi) is 4.04. The second-order valence-corrected chi connectivity index (χ2v) is 6.50. The molecule has 19 heavy (non-hydrogen) atoms. The van der Waals surface area contributed by atoms with Gasteiger partial charge in [-0.2, -0.15) is 0 Å². The Balaban J connectivity index is 2.06. The van der Waals surface area contributed by atoms with E-state index in [4.69, 9.17) is 10.5 Å². The van der Waals surface area contributed by atoms with Crippen molar-refractivity contribution in [1.29, 1.82) is 0 Å². The fraction of sp³-hybridized carbons (Fsp3) is 0.625. The molecule has 1 aromatic rings. The number of anilines is 1. The van der Waals surface area contributed by atoms with Gasteiger partial charge in [0, 0.05) is 17.8 Å². The first-order valence-electron chi connectivity index (χ1n) is 7.11. The van der Waals surface area contributed by atoms with Crippen LogP contribution < -0.4 is 15.8 Å². The van der Waals surface area contributed by atoms with Gasteiger partial charge in [0.2, 0.25) is 0 Å². The summed E-state index contributed by atoms with van der Waals surface area (Å²) in [6.45, 7) is 5.39. The number of benzene rings is 1. The molecule has 0 atom stereocenters. The molecule has 106 valence electrons. The molecule has 0 aliphatic heterocycles. The van der Waals surface area contributed by atoms with Crippen LogP contribution in [0.5, 0.6) is 5.75 Å². The monoisotopic (exact) mass is 262 g/mol. The minimum Gasteiger partial charge on any atom is -0.497 e. The molecule has 0 spiro atoms. The predicted molar refractivity (Wildman–Crippen MR) is 80.7 cm³/mol. The first-order chi connectivity index (χ1) is 8.99. The molecule has 0 radical (unpaired) electrons. The maximum Gasteiger partial charge on any atom is 0.119 e. The van der Waals surface area contributed by atoms with Crippen LogP contribution in [-0.2, 0) is 0 Å². The van der Waals surface area contributed by atoms with Crippen LogP contribution in [0.3, 0.4) is 0 Å². The molecule has 2 rings (SSSR count). The number of ether oxygens (including phenoxy) is 1. The van der Waals surface area contributed by atoms with Crippen molar-refractivity contribution in [2.75, 3.05) is 19.0 Å². The summed E-state index contributed by atoms with van der Waals surface area (Å²) >= 11 is 0. The summed E-state index contributed by atoms with van der Waals surface area (Å²) in [7, 11) is 1.69. The van der Waals surface area contributed by atoms with Gasteiger partial charge in [0.05, 0.1) is 7.11 Å². The van der Waals surface area contributed by atoms with Gasteiger partial charge in [-0.25, -0.2) is 0 Å². The van der Waals surface area contributed by atoms with Gasteiger partial charge in [-0.3, -0.25) is 0 Å². The fourth-order valence-electron chi connectivity index (χ4n) is 2.77. The predicted octanol–water partition coefficient (Wildman–Crippen LogP) is 3.40. The zero-order valence-corrected chi connectivity index (χ0v) is 12.3. The summed E-state index contributed by atoms with van der Waals surface area (Å²) in [4.78, 5) is 0. The van der Waals surface area contributed by atoms with Crippen molar-refractivity contribution in [3.8, 4) is 5.75 Å². The number of nitrogens with two attached hydrogens (primary N) is 1. The van der Waals surface area contributed by atoms with Crippen molar-refractivity contribution in [2.24, 2.45) is 11.1 Å². The Morgan fingerprint density at radius 1 is 1.11 bits per heavy atom. The van der Waals surface area contributed by atoms with E-state index >= 15 is 0 Å². The summed E-state index contributed by atoms with van der Waals surface area (Å²) in [5.41, 5.74) is 7.69. The van der Waals surface area contributed by atoms with Gasteiger partial charge in [0.15, 0.2) is 0 Å². The van der Waals surface area contributed by atoms with Gasteiger partial charge in [-0.1, -0.05) is 13.8 Å². The van der Waals surface area contributed by atoms with E-state index in [2.05, 4.69) is 31.3 Å².